The van der Waals surface area contributed by atoms with Crippen molar-refractivity contribution in [3.8, 4) is 17.4 Å². The number of halogens is 1. The van der Waals surface area contributed by atoms with Crippen molar-refractivity contribution in [2.75, 3.05) is 5.32 Å². The average Bonchev–Trinajstić information content (AvgIpc) is 3.32. The number of rotatable bonds is 3. The molecule has 0 fully saturated rings. The van der Waals surface area contributed by atoms with E-state index in [-0.39, 0.29) is 10.9 Å². The van der Waals surface area contributed by atoms with Gasteiger partial charge in [0.05, 0.1) is 5.56 Å². The minimum Gasteiger partial charge on any atom is -0.451 e. The van der Waals surface area contributed by atoms with E-state index in [1.165, 1.54) is 16.2 Å². The number of nitriles is 1. The molecule has 0 spiro atoms. The van der Waals surface area contributed by atoms with Crippen molar-refractivity contribution >= 4 is 51.2 Å². The van der Waals surface area contributed by atoms with E-state index in [0.29, 0.717) is 27.3 Å². The van der Waals surface area contributed by atoms with Gasteiger partial charge >= 0.3 is 0 Å². The number of benzene rings is 1. The van der Waals surface area contributed by atoms with E-state index in [2.05, 4.69) is 23.6 Å². The number of fused-ring (bicyclic) bond motifs is 1. The topological polar surface area (TPSA) is 78.1 Å². The largest absolute Gasteiger partial charge is 0.451 e. The summed E-state index contributed by atoms with van der Waals surface area (Å²) in [4.78, 5) is 13.8. The minimum atomic E-state index is -0.464. The number of carbonyl (C=O) groups is 1. The summed E-state index contributed by atoms with van der Waals surface area (Å²) in [6, 6.07) is 12.8. The molecule has 2 heterocycles. The second kappa shape index (κ2) is 8.60. The van der Waals surface area contributed by atoms with E-state index in [1.807, 2.05) is 12.1 Å². The van der Waals surface area contributed by atoms with Crippen molar-refractivity contribution in [3.63, 3.8) is 0 Å². The predicted molar refractivity (Wildman–Crippen MR) is 123 cm³/mol. The summed E-state index contributed by atoms with van der Waals surface area (Å²) in [5.41, 5.74) is 2.51. The maximum absolute atomic E-state index is 12.5. The van der Waals surface area contributed by atoms with Crippen LogP contribution in [0.4, 0.5) is 5.00 Å². The lowest BCUT2D eigenvalue weighted by Gasteiger charge is -2.17. The van der Waals surface area contributed by atoms with Gasteiger partial charge in [-0.2, -0.15) is 5.26 Å². The summed E-state index contributed by atoms with van der Waals surface area (Å²) in [5.74, 6) is 0.811. The molecule has 30 heavy (non-hydrogen) atoms. The molecule has 1 amide bonds. The standard InChI is InChI=1S/C22H18ClN3O2S2/c1-12-5-6-15-16(11-24)21(30-19(15)9-12)26-22(29)25-20(27)18-8-7-17(28-18)13-3-2-4-14(23)10-13/h2-4,7-8,10,12H,5-6,9H2,1H3,(H2,25,26,27,29)/t12-/m1/s1. The molecule has 5 nitrogen and oxygen atoms in total. The van der Waals surface area contributed by atoms with Gasteiger partial charge in [0.1, 0.15) is 16.8 Å². The Balaban J connectivity index is 1.45. The van der Waals surface area contributed by atoms with Crippen LogP contribution in [0.1, 0.15) is 39.9 Å². The molecule has 2 aromatic heterocycles. The first-order chi connectivity index (χ1) is 14.4. The second-order valence-corrected chi connectivity index (χ2v) is 9.20. The zero-order valence-electron chi connectivity index (χ0n) is 16.1. The quantitative estimate of drug-likeness (QED) is 0.489. The zero-order chi connectivity index (χ0) is 21.3. The number of hydrogen-bond donors (Lipinski definition) is 2. The lowest BCUT2D eigenvalue weighted by atomic mass is 9.89. The van der Waals surface area contributed by atoms with Crippen molar-refractivity contribution in [1.82, 2.24) is 5.32 Å². The van der Waals surface area contributed by atoms with Gasteiger partial charge in [-0.15, -0.1) is 11.3 Å². The number of furan rings is 1. The van der Waals surface area contributed by atoms with Crippen LogP contribution >= 0.6 is 35.2 Å². The van der Waals surface area contributed by atoms with Crippen molar-refractivity contribution in [2.45, 2.75) is 26.2 Å². The van der Waals surface area contributed by atoms with Gasteiger partial charge in [0.25, 0.3) is 5.91 Å². The predicted octanol–water partition coefficient (Wildman–Crippen LogP) is 5.78. The van der Waals surface area contributed by atoms with Crippen LogP contribution in [-0.4, -0.2) is 11.0 Å². The zero-order valence-corrected chi connectivity index (χ0v) is 18.5. The SMILES string of the molecule is C[C@@H]1CCc2c(sc(NC(=S)NC(=O)c3ccc(-c4cccc(Cl)c4)o3)c2C#N)C1. The number of thiophene rings is 1. The molecule has 8 heteroatoms. The van der Waals surface area contributed by atoms with E-state index >= 15 is 0 Å². The number of anilines is 1. The molecular weight excluding hydrogens is 438 g/mol. The van der Waals surface area contributed by atoms with Crippen molar-refractivity contribution < 1.29 is 9.21 Å². The van der Waals surface area contributed by atoms with Gasteiger partial charge in [-0.05, 0) is 67.2 Å². The van der Waals surface area contributed by atoms with Crippen LogP contribution in [0.25, 0.3) is 11.3 Å². The van der Waals surface area contributed by atoms with Gasteiger partial charge < -0.3 is 9.73 Å². The third-order valence-corrected chi connectivity index (χ3v) is 6.63. The molecule has 0 unspecified atom stereocenters. The van der Waals surface area contributed by atoms with Crippen molar-refractivity contribution in [1.29, 1.82) is 5.26 Å². The Morgan fingerprint density at radius 1 is 1.37 bits per heavy atom. The molecule has 3 aromatic rings. The molecule has 0 bridgehead atoms. The Morgan fingerprint density at radius 2 is 2.20 bits per heavy atom. The van der Waals surface area contributed by atoms with Gasteiger partial charge in [0, 0.05) is 15.5 Å². The molecule has 1 atom stereocenters. The molecule has 4 rings (SSSR count). The fraction of sp³-hybridized carbons (Fsp3) is 0.227. The van der Waals surface area contributed by atoms with Gasteiger partial charge in [0.2, 0.25) is 0 Å². The first-order valence-corrected chi connectivity index (χ1v) is 11.1. The molecule has 0 saturated heterocycles. The Morgan fingerprint density at radius 3 is 2.97 bits per heavy atom. The van der Waals surface area contributed by atoms with Crippen LogP contribution < -0.4 is 10.6 Å². The Bertz CT molecular complexity index is 1180. The van der Waals surface area contributed by atoms with Gasteiger partial charge in [0.15, 0.2) is 10.9 Å². The molecule has 0 radical (unpaired) electrons. The number of nitrogens with one attached hydrogen (secondary N) is 2. The summed E-state index contributed by atoms with van der Waals surface area (Å²) in [6.45, 7) is 2.22. The summed E-state index contributed by atoms with van der Waals surface area (Å²) in [7, 11) is 0. The van der Waals surface area contributed by atoms with E-state index in [0.717, 1.165) is 30.4 Å². The molecule has 2 N–H and O–H groups in total. The third-order valence-electron chi connectivity index (χ3n) is 5.02. The Kier molecular flexibility index (Phi) is 5.91. The molecule has 1 aromatic carbocycles. The number of hydrogen-bond acceptors (Lipinski definition) is 5. The number of thiocarbonyl (C=S) groups is 1. The molecule has 1 aliphatic carbocycles. The van der Waals surface area contributed by atoms with Gasteiger partial charge in [-0.3, -0.25) is 10.1 Å². The van der Waals surface area contributed by atoms with Crippen LogP contribution in [0.15, 0.2) is 40.8 Å². The fourth-order valence-electron chi connectivity index (χ4n) is 3.51. The molecule has 0 aliphatic heterocycles. The van der Waals surface area contributed by atoms with Crippen LogP contribution in [0.3, 0.4) is 0 Å². The molecule has 152 valence electrons. The van der Waals surface area contributed by atoms with Gasteiger partial charge in [-0.1, -0.05) is 30.7 Å². The first-order valence-electron chi connectivity index (χ1n) is 9.47. The maximum Gasteiger partial charge on any atom is 0.293 e. The lowest BCUT2D eigenvalue weighted by Crippen LogP contribution is -2.33. The highest BCUT2D eigenvalue weighted by molar-refractivity contribution is 7.80. The summed E-state index contributed by atoms with van der Waals surface area (Å²) < 4.78 is 5.65. The Hall–Kier alpha value is -2.66. The Labute approximate surface area is 188 Å². The summed E-state index contributed by atoms with van der Waals surface area (Å²) in [5, 5.41) is 16.6. The number of amides is 1. The van der Waals surface area contributed by atoms with Crippen LogP contribution in [-0.2, 0) is 12.8 Å². The van der Waals surface area contributed by atoms with Crippen LogP contribution in [0.2, 0.25) is 5.02 Å². The summed E-state index contributed by atoms with van der Waals surface area (Å²) in [6.07, 6.45) is 2.94. The van der Waals surface area contributed by atoms with E-state index in [4.69, 9.17) is 28.2 Å². The monoisotopic (exact) mass is 455 g/mol. The van der Waals surface area contributed by atoms with Crippen LogP contribution in [0, 0.1) is 17.2 Å². The smallest absolute Gasteiger partial charge is 0.293 e. The van der Waals surface area contributed by atoms with E-state index in [1.54, 1.807) is 24.3 Å². The fourth-order valence-corrected chi connectivity index (χ4v) is 5.33. The van der Waals surface area contributed by atoms with Crippen LogP contribution in [0.5, 0.6) is 0 Å². The lowest BCUT2D eigenvalue weighted by molar-refractivity contribution is 0.0951. The first kappa shape index (κ1) is 20.6. The average molecular weight is 456 g/mol. The van der Waals surface area contributed by atoms with Crippen molar-refractivity contribution in [2.24, 2.45) is 5.92 Å². The normalized spacial score (nSPS) is 15.2. The van der Waals surface area contributed by atoms with E-state index < -0.39 is 5.91 Å². The molecular formula is C22H18ClN3O2S2. The second-order valence-electron chi connectivity index (χ2n) is 7.25. The number of nitrogens with zero attached hydrogens (tertiary/aromatic N) is 1. The minimum absolute atomic E-state index is 0.129. The highest BCUT2D eigenvalue weighted by atomic mass is 35.5. The molecule has 0 saturated carbocycles. The third kappa shape index (κ3) is 4.26. The molecule has 1 aliphatic rings. The van der Waals surface area contributed by atoms with E-state index in [9.17, 15) is 10.1 Å². The van der Waals surface area contributed by atoms with Crippen molar-refractivity contribution in [3.05, 3.63) is 63.2 Å². The summed E-state index contributed by atoms with van der Waals surface area (Å²) >= 11 is 12.8. The maximum atomic E-state index is 12.5. The van der Waals surface area contributed by atoms with Gasteiger partial charge in [-0.25, -0.2) is 0 Å². The highest BCUT2D eigenvalue weighted by Crippen LogP contribution is 2.39. The highest BCUT2D eigenvalue weighted by Gasteiger charge is 2.24. The number of carbonyl (C=O) groups excluding carboxylic acids is 1.